The fraction of sp³-hybridized carbons (Fsp3) is 0.250. The van der Waals surface area contributed by atoms with Crippen LogP contribution < -0.4 is 20.3 Å². The van der Waals surface area contributed by atoms with Gasteiger partial charge in [-0.25, -0.2) is 33.8 Å². The Bertz CT molecular complexity index is 1570. The number of pyridine rings is 1. The standard InChI is InChI=1S/C24H23FN10O/c1-14-7-18(17(25)9-20(14)36-16-3-5-35-21(8-16)29-13-31-35)32-23-22-19(28-12-30-23)11-27-24(33-22)34-6-4-26-10-15(34)2/h3,5,7-9,11-13,15,26H,4,6,10H2,1-2H3,(H,28,30,32)/t15-/m1/s1. The first-order valence-corrected chi connectivity index (χ1v) is 11.5. The molecule has 2 N–H and O–H groups in total. The van der Waals surface area contributed by atoms with Gasteiger partial charge >= 0.3 is 0 Å². The first-order chi connectivity index (χ1) is 17.5. The van der Waals surface area contributed by atoms with Crippen LogP contribution in [0.5, 0.6) is 11.5 Å². The Kier molecular flexibility index (Phi) is 5.49. The van der Waals surface area contributed by atoms with E-state index < -0.39 is 5.82 Å². The summed E-state index contributed by atoms with van der Waals surface area (Å²) < 4.78 is 22.7. The quantitative estimate of drug-likeness (QED) is 0.383. The average Bonchev–Trinajstić information content (AvgIpc) is 3.35. The van der Waals surface area contributed by atoms with Crippen LogP contribution in [0.4, 0.5) is 21.8 Å². The molecular weight excluding hydrogens is 463 g/mol. The highest BCUT2D eigenvalue weighted by Crippen LogP contribution is 2.32. The van der Waals surface area contributed by atoms with Gasteiger partial charge in [-0.15, -0.1) is 0 Å². The Labute approximate surface area is 205 Å². The molecule has 0 saturated carbocycles. The maximum atomic E-state index is 15.2. The molecule has 4 aromatic heterocycles. The molecule has 1 aliphatic heterocycles. The fourth-order valence-corrected chi connectivity index (χ4v) is 4.20. The van der Waals surface area contributed by atoms with Crippen LogP contribution in [0.25, 0.3) is 16.7 Å². The van der Waals surface area contributed by atoms with Crippen LogP contribution in [-0.4, -0.2) is 60.2 Å². The van der Waals surface area contributed by atoms with Gasteiger partial charge in [0.1, 0.15) is 41.0 Å². The summed E-state index contributed by atoms with van der Waals surface area (Å²) in [4.78, 5) is 24.1. The maximum Gasteiger partial charge on any atom is 0.226 e. The number of nitrogens with zero attached hydrogens (tertiary/aromatic N) is 8. The van der Waals surface area contributed by atoms with Crippen molar-refractivity contribution in [1.29, 1.82) is 0 Å². The van der Waals surface area contributed by atoms with Gasteiger partial charge in [-0.3, -0.25) is 0 Å². The van der Waals surface area contributed by atoms with Crippen molar-refractivity contribution < 1.29 is 9.13 Å². The first kappa shape index (κ1) is 22.0. The van der Waals surface area contributed by atoms with Gasteiger partial charge in [-0.1, -0.05) is 0 Å². The molecular formula is C24H23FN10O. The lowest BCUT2D eigenvalue weighted by Crippen LogP contribution is -2.50. The molecule has 0 bridgehead atoms. The highest BCUT2D eigenvalue weighted by molar-refractivity contribution is 5.87. The third kappa shape index (κ3) is 4.11. The van der Waals surface area contributed by atoms with E-state index in [1.165, 1.54) is 18.7 Å². The van der Waals surface area contributed by atoms with Gasteiger partial charge in [0.25, 0.3) is 0 Å². The molecule has 0 amide bonds. The van der Waals surface area contributed by atoms with Gasteiger partial charge in [0.15, 0.2) is 11.5 Å². The van der Waals surface area contributed by atoms with Gasteiger partial charge in [-0.2, -0.15) is 5.10 Å². The molecule has 0 radical (unpaired) electrons. The lowest BCUT2D eigenvalue weighted by atomic mass is 10.2. The number of rotatable bonds is 5. The van der Waals surface area contributed by atoms with Gasteiger partial charge < -0.3 is 20.3 Å². The number of hydrogen-bond acceptors (Lipinski definition) is 10. The Morgan fingerprint density at radius 3 is 2.94 bits per heavy atom. The van der Waals surface area contributed by atoms with Crippen LogP contribution in [0.3, 0.4) is 0 Å². The summed E-state index contributed by atoms with van der Waals surface area (Å²) in [5.41, 5.74) is 2.72. The van der Waals surface area contributed by atoms with E-state index in [0.717, 1.165) is 25.2 Å². The van der Waals surface area contributed by atoms with Crippen molar-refractivity contribution >= 4 is 34.1 Å². The molecule has 1 aliphatic rings. The molecule has 5 heterocycles. The summed E-state index contributed by atoms with van der Waals surface area (Å²) in [6, 6.07) is 6.75. The van der Waals surface area contributed by atoms with E-state index in [1.54, 1.807) is 35.1 Å². The lowest BCUT2D eigenvalue weighted by Gasteiger charge is -2.33. The Hall–Kier alpha value is -4.45. The molecule has 11 nitrogen and oxygen atoms in total. The molecule has 0 unspecified atom stereocenters. The second-order valence-electron chi connectivity index (χ2n) is 8.62. The Balaban J connectivity index is 1.29. The van der Waals surface area contributed by atoms with E-state index in [-0.39, 0.29) is 11.7 Å². The SMILES string of the molecule is Cc1cc(Nc2ncnc3cnc(N4CCNC[C@H]4C)nc23)c(F)cc1Oc1ccn2ncnc2c1. The molecule has 36 heavy (non-hydrogen) atoms. The molecule has 0 aliphatic carbocycles. The number of fused-ring (bicyclic) bond motifs is 2. The molecule has 6 rings (SSSR count). The lowest BCUT2D eigenvalue weighted by molar-refractivity contribution is 0.473. The molecule has 1 aromatic carbocycles. The normalized spacial score (nSPS) is 16.0. The van der Waals surface area contributed by atoms with Crippen molar-refractivity contribution in [2.24, 2.45) is 0 Å². The number of piperazine rings is 1. The van der Waals surface area contributed by atoms with E-state index in [2.05, 4.69) is 47.5 Å². The number of anilines is 3. The summed E-state index contributed by atoms with van der Waals surface area (Å²) in [6.07, 6.45) is 6.27. The number of aryl methyl sites for hydroxylation is 1. The Morgan fingerprint density at radius 2 is 2.06 bits per heavy atom. The van der Waals surface area contributed by atoms with Gasteiger partial charge in [0, 0.05) is 44.0 Å². The smallest absolute Gasteiger partial charge is 0.226 e. The summed E-state index contributed by atoms with van der Waals surface area (Å²) >= 11 is 0. The summed E-state index contributed by atoms with van der Waals surface area (Å²) in [6.45, 7) is 6.46. The largest absolute Gasteiger partial charge is 0.457 e. The predicted octanol–water partition coefficient (Wildman–Crippen LogP) is 3.24. The van der Waals surface area contributed by atoms with Crippen LogP contribution in [0.1, 0.15) is 12.5 Å². The number of nitrogens with one attached hydrogen (secondary N) is 2. The van der Waals surface area contributed by atoms with Crippen molar-refractivity contribution in [3.05, 3.63) is 60.7 Å². The zero-order valence-electron chi connectivity index (χ0n) is 19.7. The van der Waals surface area contributed by atoms with Crippen molar-refractivity contribution in [2.45, 2.75) is 19.9 Å². The monoisotopic (exact) mass is 486 g/mol. The van der Waals surface area contributed by atoms with Crippen LogP contribution in [-0.2, 0) is 0 Å². The third-order valence-corrected chi connectivity index (χ3v) is 6.12. The highest BCUT2D eigenvalue weighted by atomic mass is 19.1. The predicted molar refractivity (Wildman–Crippen MR) is 132 cm³/mol. The average molecular weight is 487 g/mol. The van der Waals surface area contributed by atoms with E-state index in [1.807, 2.05) is 6.92 Å². The summed E-state index contributed by atoms with van der Waals surface area (Å²) in [5, 5.41) is 10.5. The van der Waals surface area contributed by atoms with Crippen molar-refractivity contribution in [1.82, 2.24) is 39.9 Å². The van der Waals surface area contributed by atoms with Gasteiger partial charge in [0.05, 0.1) is 11.9 Å². The molecule has 12 heteroatoms. The van der Waals surface area contributed by atoms with Gasteiger partial charge in [-0.05, 0) is 31.5 Å². The topological polar surface area (TPSA) is 118 Å². The maximum absolute atomic E-state index is 15.2. The van der Waals surface area contributed by atoms with Crippen molar-refractivity contribution in [2.75, 3.05) is 29.9 Å². The van der Waals surface area contributed by atoms with Crippen LogP contribution >= 0.6 is 0 Å². The van der Waals surface area contributed by atoms with Crippen molar-refractivity contribution in [3.63, 3.8) is 0 Å². The van der Waals surface area contributed by atoms with E-state index in [9.17, 15) is 0 Å². The van der Waals surface area contributed by atoms with E-state index in [4.69, 9.17) is 9.72 Å². The number of benzene rings is 1. The second kappa shape index (κ2) is 8.96. The fourth-order valence-electron chi connectivity index (χ4n) is 4.20. The molecule has 1 fully saturated rings. The van der Waals surface area contributed by atoms with Crippen LogP contribution in [0.2, 0.25) is 0 Å². The number of halogens is 1. The van der Waals surface area contributed by atoms with Crippen molar-refractivity contribution in [3.8, 4) is 11.5 Å². The summed E-state index contributed by atoms with van der Waals surface area (Å²) in [7, 11) is 0. The van der Waals surface area contributed by atoms with Crippen LogP contribution in [0.15, 0.2) is 49.3 Å². The highest BCUT2D eigenvalue weighted by Gasteiger charge is 2.22. The number of hydrogen-bond donors (Lipinski definition) is 2. The van der Waals surface area contributed by atoms with Gasteiger partial charge in [0.2, 0.25) is 5.95 Å². The molecule has 1 saturated heterocycles. The zero-order valence-corrected chi connectivity index (χ0v) is 19.7. The minimum absolute atomic E-state index is 0.246. The molecule has 1 atom stereocenters. The van der Waals surface area contributed by atoms with E-state index in [0.29, 0.717) is 39.9 Å². The third-order valence-electron chi connectivity index (χ3n) is 6.12. The number of ether oxygens (including phenoxy) is 1. The first-order valence-electron chi connectivity index (χ1n) is 11.5. The summed E-state index contributed by atoms with van der Waals surface area (Å²) in [5.74, 6) is 1.43. The molecule has 0 spiro atoms. The van der Waals surface area contributed by atoms with Crippen LogP contribution in [0, 0.1) is 12.7 Å². The van der Waals surface area contributed by atoms with E-state index >= 15 is 4.39 Å². The minimum Gasteiger partial charge on any atom is -0.457 e. The molecule has 5 aromatic rings. The molecule has 182 valence electrons. The minimum atomic E-state index is -0.490. The Morgan fingerprint density at radius 1 is 1.14 bits per heavy atom. The number of aromatic nitrogens is 7. The zero-order chi connectivity index (χ0) is 24.6. The second-order valence-corrected chi connectivity index (χ2v) is 8.62.